The Kier molecular flexibility index (Phi) is 8.51. The molecule has 0 heterocycles. The molecule has 3 aliphatic rings. The summed E-state index contributed by atoms with van der Waals surface area (Å²) in [6.45, 7) is 3.98. The van der Waals surface area contributed by atoms with E-state index in [1.807, 2.05) is 55.4 Å². The monoisotopic (exact) mass is 402 g/mol. The van der Waals surface area contributed by atoms with Gasteiger partial charge in [-0.1, -0.05) is 54.7 Å². The van der Waals surface area contributed by atoms with Crippen molar-refractivity contribution in [3.63, 3.8) is 0 Å². The molecule has 0 spiro atoms. The Hall–Kier alpha value is -2.33. The van der Waals surface area contributed by atoms with Crippen molar-refractivity contribution in [3.05, 3.63) is 73.1 Å². The second-order valence-electron chi connectivity index (χ2n) is 6.62. The molecule has 0 aromatic rings. The van der Waals surface area contributed by atoms with Gasteiger partial charge in [-0.15, -0.1) is 0 Å². The van der Waals surface area contributed by atoms with Gasteiger partial charge in [0.05, 0.1) is 24.7 Å². The Morgan fingerprint density at radius 3 is 2.19 bits per heavy atom. The Bertz CT molecular complexity index is 753. The number of hydrogen-bond acceptors (Lipinski definition) is 4. The van der Waals surface area contributed by atoms with E-state index in [0.29, 0.717) is 25.7 Å². The summed E-state index contributed by atoms with van der Waals surface area (Å²) in [7, 11) is 1.36. The number of methoxy groups -OCH3 is 1. The van der Waals surface area contributed by atoms with Crippen LogP contribution in [-0.2, 0) is 26.6 Å². The largest absolute Gasteiger partial charge is 0.468 e. The van der Waals surface area contributed by atoms with Gasteiger partial charge in [0, 0.05) is 29.9 Å². The smallest absolute Gasteiger partial charge is 0.316 e. The maximum atomic E-state index is 12.4. The van der Waals surface area contributed by atoms with Crippen LogP contribution in [0.5, 0.6) is 0 Å². The molecule has 5 heteroatoms. The summed E-state index contributed by atoms with van der Waals surface area (Å²) in [6, 6.07) is 4.21. The number of carbonyl (C=O) groups excluding carboxylic acids is 1. The average molecular weight is 402 g/mol. The van der Waals surface area contributed by atoms with Gasteiger partial charge in [-0.2, -0.15) is 10.5 Å². The van der Waals surface area contributed by atoms with Gasteiger partial charge in [-0.25, -0.2) is 0 Å². The van der Waals surface area contributed by atoms with Crippen molar-refractivity contribution in [3.8, 4) is 12.1 Å². The zero-order chi connectivity index (χ0) is 19.0. The molecule has 0 N–H and O–H groups in total. The van der Waals surface area contributed by atoms with Crippen molar-refractivity contribution < 1.29 is 26.6 Å². The molecule has 3 aliphatic carbocycles. The normalized spacial score (nSPS) is 24.4. The van der Waals surface area contributed by atoms with Gasteiger partial charge < -0.3 is 4.74 Å². The summed E-state index contributed by atoms with van der Waals surface area (Å²) in [6.07, 6.45) is 19.0. The zero-order valence-corrected chi connectivity index (χ0v) is 16.4. The molecular formula is C22H22FeN2O2. The maximum Gasteiger partial charge on any atom is 0.316 e. The van der Waals surface area contributed by atoms with Gasteiger partial charge in [0.25, 0.3) is 0 Å². The van der Waals surface area contributed by atoms with Crippen LogP contribution < -0.4 is 0 Å². The van der Waals surface area contributed by atoms with Gasteiger partial charge in [0.1, 0.15) is 5.41 Å². The topological polar surface area (TPSA) is 73.9 Å². The minimum atomic E-state index is -1.10. The number of nitrogens with zero attached hydrogens (tertiary/aromatic N) is 2. The van der Waals surface area contributed by atoms with Crippen LogP contribution in [0.15, 0.2) is 60.3 Å². The van der Waals surface area contributed by atoms with Crippen LogP contribution in [0.4, 0.5) is 0 Å². The number of rotatable bonds is 2. The fraction of sp³-hybridized carbons (Fsp3) is 0.318. The average Bonchev–Trinajstić information content (AvgIpc) is 3.38. The number of allylic oxidation sites excluding steroid dienone is 8. The number of carbonyl (C=O) groups is 1. The molecule has 3 rings (SSSR count). The number of nitriles is 2. The molecule has 0 unspecified atom stereocenters. The van der Waals surface area contributed by atoms with Crippen LogP contribution in [-0.4, -0.2) is 13.1 Å². The molecule has 0 bridgehead atoms. The Labute approximate surface area is 172 Å². The third-order valence-corrected chi connectivity index (χ3v) is 4.86. The van der Waals surface area contributed by atoms with Gasteiger partial charge in [-0.05, 0) is 31.3 Å². The van der Waals surface area contributed by atoms with Crippen molar-refractivity contribution in [2.45, 2.75) is 25.7 Å². The second kappa shape index (κ2) is 10.1. The zero-order valence-electron chi connectivity index (χ0n) is 15.3. The molecule has 0 aromatic heterocycles. The van der Waals surface area contributed by atoms with Crippen LogP contribution in [0.25, 0.3) is 0 Å². The van der Waals surface area contributed by atoms with Crippen molar-refractivity contribution >= 4 is 5.97 Å². The van der Waals surface area contributed by atoms with Crippen LogP contribution in [0, 0.1) is 46.3 Å². The predicted octanol–water partition coefficient (Wildman–Crippen LogP) is 4.32. The molecule has 4 nitrogen and oxygen atoms in total. The number of esters is 1. The molecule has 1 saturated carbocycles. The minimum absolute atomic E-state index is 0. The first-order valence-corrected chi connectivity index (χ1v) is 8.48. The van der Waals surface area contributed by atoms with Gasteiger partial charge in [0.15, 0.2) is 0 Å². The third kappa shape index (κ3) is 5.10. The fourth-order valence-corrected chi connectivity index (χ4v) is 3.48. The minimum Gasteiger partial charge on any atom is -0.468 e. The molecule has 0 saturated heterocycles. The summed E-state index contributed by atoms with van der Waals surface area (Å²) in [4.78, 5) is 12.4. The molecule has 1 fully saturated rings. The van der Waals surface area contributed by atoms with Crippen LogP contribution in [0.1, 0.15) is 25.7 Å². The van der Waals surface area contributed by atoms with Crippen molar-refractivity contribution in [1.82, 2.24) is 0 Å². The Morgan fingerprint density at radius 2 is 1.74 bits per heavy atom. The van der Waals surface area contributed by atoms with Crippen LogP contribution in [0.2, 0.25) is 0 Å². The number of ether oxygens (including phenoxy) is 1. The SMILES string of the molecule is C=C1CC(C#N)(C#N)CC[C@@](C(=O)OC)(C2=C[CH]C=C2)C1.[CH]1C=CC=C1.[Fe]. The molecule has 27 heavy (non-hydrogen) atoms. The predicted molar refractivity (Wildman–Crippen MR) is 99.8 cm³/mol. The molecule has 140 valence electrons. The van der Waals surface area contributed by atoms with E-state index in [1.165, 1.54) is 7.11 Å². The summed E-state index contributed by atoms with van der Waals surface area (Å²) < 4.78 is 5.01. The Balaban J connectivity index is 0.000000526. The molecule has 0 aliphatic heterocycles. The van der Waals surface area contributed by atoms with Gasteiger partial charge in [0.2, 0.25) is 0 Å². The van der Waals surface area contributed by atoms with Crippen molar-refractivity contribution in [1.29, 1.82) is 10.5 Å². The molecule has 0 amide bonds. The van der Waals surface area contributed by atoms with E-state index < -0.39 is 10.8 Å². The quantitative estimate of drug-likeness (QED) is 0.298. The fourth-order valence-electron chi connectivity index (χ4n) is 3.48. The molecule has 1 atom stereocenters. The van der Waals surface area contributed by atoms with E-state index in [2.05, 4.69) is 18.7 Å². The van der Waals surface area contributed by atoms with Gasteiger partial charge >= 0.3 is 5.97 Å². The molecule has 0 aromatic carbocycles. The van der Waals surface area contributed by atoms with E-state index in [-0.39, 0.29) is 23.0 Å². The first-order chi connectivity index (χ1) is 12.5. The first kappa shape index (κ1) is 22.7. The van der Waals surface area contributed by atoms with Crippen molar-refractivity contribution in [2.75, 3.05) is 7.11 Å². The standard InChI is InChI=1S/C17H17N2O2.C5H5.Fe/c1-13-9-16(11-18,12-19)7-8-17(10-13,15(20)21-2)14-5-3-4-6-14;1-2-4-5-3-1;/h3-6H,1,7-10H2,2H3;1-5H;/t17-;;/m0../s1. The summed E-state index contributed by atoms with van der Waals surface area (Å²) in [5.74, 6) is -0.332. The maximum absolute atomic E-state index is 12.4. The Morgan fingerprint density at radius 1 is 1.07 bits per heavy atom. The van der Waals surface area contributed by atoms with E-state index in [0.717, 1.165) is 11.1 Å². The second-order valence-corrected chi connectivity index (χ2v) is 6.62. The van der Waals surface area contributed by atoms with Crippen molar-refractivity contribution in [2.24, 2.45) is 10.8 Å². The molecular weight excluding hydrogens is 380 g/mol. The molecule has 2 radical (unpaired) electrons. The van der Waals surface area contributed by atoms with Gasteiger partial charge in [-0.3, -0.25) is 4.79 Å². The van der Waals surface area contributed by atoms with Crippen LogP contribution in [0.3, 0.4) is 0 Å². The summed E-state index contributed by atoms with van der Waals surface area (Å²) in [5, 5.41) is 18.7. The van der Waals surface area contributed by atoms with E-state index in [1.54, 1.807) is 0 Å². The summed E-state index contributed by atoms with van der Waals surface area (Å²) >= 11 is 0. The van der Waals surface area contributed by atoms with E-state index in [4.69, 9.17) is 4.74 Å². The van der Waals surface area contributed by atoms with Crippen LogP contribution >= 0.6 is 0 Å². The third-order valence-electron chi connectivity index (χ3n) is 4.86. The first-order valence-electron chi connectivity index (χ1n) is 8.48. The van der Waals surface area contributed by atoms with E-state index in [9.17, 15) is 15.3 Å². The summed E-state index contributed by atoms with van der Waals surface area (Å²) in [5.41, 5.74) is -0.339. The number of hydrogen-bond donors (Lipinski definition) is 0. The van der Waals surface area contributed by atoms with E-state index >= 15 is 0 Å².